The van der Waals surface area contributed by atoms with E-state index in [1.165, 1.54) is 44.3 Å². The van der Waals surface area contributed by atoms with Crippen LogP contribution in [0.25, 0.3) is 50.1 Å². The van der Waals surface area contributed by atoms with Crippen LogP contribution < -0.4 is 9.30 Å². The van der Waals surface area contributed by atoms with Gasteiger partial charge in [-0.3, -0.25) is 13.7 Å². The van der Waals surface area contributed by atoms with Crippen molar-refractivity contribution in [1.29, 1.82) is 0 Å². The van der Waals surface area contributed by atoms with Crippen molar-refractivity contribution in [3.05, 3.63) is 234 Å². The number of benzene rings is 7. The molecule has 0 fully saturated rings. The normalized spacial score (nSPS) is 12.5. The van der Waals surface area contributed by atoms with Gasteiger partial charge in [-0.25, -0.2) is 4.98 Å². The Morgan fingerprint density at radius 2 is 1.12 bits per heavy atom. The number of fused-ring (bicyclic) bond motifs is 3. The molecule has 0 unspecified atom stereocenters. The molecule has 10 aromatic rings. The third-order valence-corrected chi connectivity index (χ3v) is 14.1. The third kappa shape index (κ3) is 8.67. The molecule has 69 heavy (non-hydrogen) atoms. The van der Waals surface area contributed by atoms with E-state index >= 15 is 0 Å². The highest BCUT2D eigenvalue weighted by Crippen LogP contribution is 2.40. The van der Waals surface area contributed by atoms with Crippen LogP contribution in [0.2, 0.25) is 0 Å². The Morgan fingerprint density at radius 1 is 0.464 bits per heavy atom. The summed E-state index contributed by atoms with van der Waals surface area (Å²) in [5.74, 6) is 2.35. The summed E-state index contributed by atoms with van der Waals surface area (Å²) < 4.78 is 13.5. The summed E-state index contributed by atoms with van der Waals surface area (Å²) in [4.78, 5) is 4.99. The Bertz CT molecular complexity index is 3470. The molecule has 0 saturated carbocycles. The Morgan fingerprint density at radius 3 is 1.80 bits per heavy atom. The number of imidazole rings is 1. The third-order valence-electron chi connectivity index (χ3n) is 14.1. The quantitative estimate of drug-likeness (QED) is 0.101. The van der Waals surface area contributed by atoms with Crippen molar-refractivity contribution < 1.29 is 9.30 Å². The van der Waals surface area contributed by atoms with Gasteiger partial charge >= 0.3 is 0 Å². The summed E-state index contributed by atoms with van der Waals surface area (Å²) in [5, 5.41) is 2.32. The highest BCUT2D eigenvalue weighted by Gasteiger charge is 2.30. The molecule has 0 bridgehead atoms. The zero-order chi connectivity index (χ0) is 48.3. The van der Waals surface area contributed by atoms with Crippen LogP contribution in [-0.4, -0.2) is 14.1 Å². The van der Waals surface area contributed by atoms with Crippen LogP contribution >= 0.6 is 0 Å². The van der Waals surface area contributed by atoms with Gasteiger partial charge < -0.3 is 4.74 Å². The van der Waals surface area contributed by atoms with E-state index in [9.17, 15) is 0 Å². The first-order valence-electron chi connectivity index (χ1n) is 24.2. The summed E-state index contributed by atoms with van der Waals surface area (Å²) in [5.41, 5.74) is 13.2. The largest absolute Gasteiger partial charge is 0.458 e. The van der Waals surface area contributed by atoms with Crippen molar-refractivity contribution in [2.24, 2.45) is 0 Å². The maximum absolute atomic E-state index is 6.86. The van der Waals surface area contributed by atoms with Crippen molar-refractivity contribution >= 4 is 21.8 Å². The SMILES string of the molecule is CC(C)(C)c1cc(-c2ccccc2)cc(-[n+]2[c-]n(-c3cccc(Oc4ccc5c6cc(C(C)(C)c7ccccc7)ccc6n(-c6cc(C(C)(C)C)ccn6)c5c4)c3)cc2C(C)(C)c2ccccc2)c1. The second kappa shape index (κ2) is 17.2. The van der Waals surface area contributed by atoms with Crippen molar-refractivity contribution in [1.82, 2.24) is 14.1 Å². The molecule has 0 aliphatic heterocycles. The fraction of sp³-hybridized carbons (Fsp3) is 0.219. The first kappa shape index (κ1) is 45.3. The van der Waals surface area contributed by atoms with E-state index in [1.54, 1.807) is 0 Å². The lowest BCUT2D eigenvalue weighted by atomic mass is 9.78. The summed E-state index contributed by atoms with van der Waals surface area (Å²) in [7, 11) is 0. The Labute approximate surface area is 408 Å². The molecule has 0 saturated heterocycles. The molecule has 0 amide bonds. The molecule has 344 valence electrons. The average Bonchev–Trinajstić information content (AvgIpc) is 3.95. The van der Waals surface area contributed by atoms with Crippen LogP contribution in [-0.2, 0) is 21.7 Å². The minimum atomic E-state index is -0.366. The van der Waals surface area contributed by atoms with Gasteiger partial charge in [-0.2, -0.15) is 0 Å². The number of rotatable bonds is 10. The molecule has 7 aromatic carbocycles. The molecule has 0 N–H and O–H groups in total. The molecule has 0 spiro atoms. The summed E-state index contributed by atoms with van der Waals surface area (Å²) in [6, 6.07) is 65.2. The second-order valence-corrected chi connectivity index (χ2v) is 21.7. The maximum Gasteiger partial charge on any atom is 0.269 e. The van der Waals surface area contributed by atoms with Crippen molar-refractivity contribution in [3.63, 3.8) is 0 Å². The van der Waals surface area contributed by atoms with E-state index in [0.29, 0.717) is 0 Å². The lowest BCUT2D eigenvalue weighted by Gasteiger charge is -2.28. The lowest BCUT2D eigenvalue weighted by Crippen LogP contribution is -2.40. The molecule has 10 rings (SSSR count). The average molecular weight is 903 g/mol. The Kier molecular flexibility index (Phi) is 11.3. The number of nitrogens with zero attached hydrogens (tertiary/aromatic N) is 4. The topological polar surface area (TPSA) is 35.9 Å². The smallest absolute Gasteiger partial charge is 0.269 e. The molecule has 0 atom stereocenters. The van der Waals surface area contributed by atoms with Gasteiger partial charge in [-0.05, 0) is 117 Å². The zero-order valence-electron chi connectivity index (χ0n) is 41.7. The summed E-state index contributed by atoms with van der Waals surface area (Å²) in [6.45, 7) is 22.8. The maximum atomic E-state index is 6.86. The molecule has 0 radical (unpaired) electrons. The van der Waals surface area contributed by atoms with Crippen molar-refractivity contribution in [2.75, 3.05) is 0 Å². The predicted molar refractivity (Wildman–Crippen MR) is 285 cm³/mol. The number of ether oxygens (including phenoxy) is 1. The molecule has 0 aliphatic carbocycles. The van der Waals surface area contributed by atoms with Crippen LogP contribution in [0.3, 0.4) is 0 Å². The van der Waals surface area contributed by atoms with Gasteiger partial charge in [0.15, 0.2) is 0 Å². The van der Waals surface area contributed by atoms with E-state index in [-0.39, 0.29) is 21.7 Å². The molecular weight excluding hydrogens is 841 g/mol. The van der Waals surface area contributed by atoms with Gasteiger partial charge in [0.1, 0.15) is 17.3 Å². The zero-order valence-corrected chi connectivity index (χ0v) is 41.7. The number of hydrogen-bond acceptors (Lipinski definition) is 2. The van der Waals surface area contributed by atoms with E-state index in [1.807, 2.05) is 12.3 Å². The predicted octanol–water partition coefficient (Wildman–Crippen LogP) is 15.8. The monoisotopic (exact) mass is 902 g/mol. The van der Waals surface area contributed by atoms with Gasteiger partial charge in [-0.15, -0.1) is 0 Å². The number of pyridine rings is 1. The number of hydrogen-bond donors (Lipinski definition) is 0. The van der Waals surface area contributed by atoms with E-state index < -0.39 is 0 Å². The summed E-state index contributed by atoms with van der Waals surface area (Å²) >= 11 is 0. The summed E-state index contributed by atoms with van der Waals surface area (Å²) in [6.07, 6.45) is 7.98. The number of aromatic nitrogens is 4. The van der Waals surface area contributed by atoms with Crippen molar-refractivity contribution in [2.45, 2.75) is 90.9 Å². The highest BCUT2D eigenvalue weighted by molar-refractivity contribution is 6.10. The van der Waals surface area contributed by atoms with Gasteiger partial charge in [-0.1, -0.05) is 178 Å². The van der Waals surface area contributed by atoms with Gasteiger partial charge in [0.05, 0.1) is 28.1 Å². The molecule has 3 heterocycles. The van der Waals surface area contributed by atoms with Crippen LogP contribution in [0.15, 0.2) is 194 Å². The molecule has 0 aliphatic rings. The standard InChI is InChI=1S/C64H62N4O/c1-61(2,3)48-33-34-65-60(39-48)68-57-32-29-49(63(7,8)46-23-16-12-17-24-46)38-56(57)55-31-30-54(41-58(55)68)69-53-28-20-27-51(40-53)66-42-59(64(9,10)47-25-18-13-19-26-47)67(43-66)52-36-45(44-21-14-11-15-22-44)35-50(37-52)62(4,5)6/h11-42H,1-10H3. The van der Waals surface area contributed by atoms with Crippen LogP contribution in [0.4, 0.5) is 0 Å². The first-order valence-corrected chi connectivity index (χ1v) is 24.2. The molecule has 5 heteroatoms. The van der Waals surface area contributed by atoms with E-state index in [0.717, 1.165) is 50.8 Å². The van der Waals surface area contributed by atoms with Crippen LogP contribution in [0.5, 0.6) is 11.5 Å². The first-order chi connectivity index (χ1) is 32.9. The molecule has 3 aromatic heterocycles. The van der Waals surface area contributed by atoms with Crippen LogP contribution in [0, 0.1) is 6.33 Å². The molecule has 5 nitrogen and oxygen atoms in total. The minimum Gasteiger partial charge on any atom is -0.458 e. The lowest BCUT2D eigenvalue weighted by molar-refractivity contribution is -0.611. The Balaban J connectivity index is 1.08. The fourth-order valence-electron chi connectivity index (χ4n) is 9.68. The fourth-order valence-corrected chi connectivity index (χ4v) is 9.68. The van der Waals surface area contributed by atoms with E-state index in [2.05, 4.69) is 271 Å². The Hall–Kier alpha value is -7.50. The van der Waals surface area contributed by atoms with Crippen molar-refractivity contribution in [3.8, 4) is 39.8 Å². The van der Waals surface area contributed by atoms with Gasteiger partial charge in [0, 0.05) is 40.1 Å². The van der Waals surface area contributed by atoms with E-state index in [4.69, 9.17) is 9.72 Å². The minimum absolute atomic E-state index is 0.0430. The molecular formula is C64H62N4O. The second-order valence-electron chi connectivity index (χ2n) is 21.7. The van der Waals surface area contributed by atoms with Gasteiger partial charge in [0.25, 0.3) is 6.33 Å². The highest BCUT2D eigenvalue weighted by atomic mass is 16.5. The van der Waals surface area contributed by atoms with Crippen LogP contribution in [0.1, 0.15) is 103 Å². The van der Waals surface area contributed by atoms with Gasteiger partial charge in [0.2, 0.25) is 0 Å².